The maximum absolute atomic E-state index is 3.46. The number of hydrogen-bond acceptors (Lipinski definition) is 1. The van der Waals surface area contributed by atoms with Gasteiger partial charge in [0.1, 0.15) is 0 Å². The van der Waals surface area contributed by atoms with Gasteiger partial charge in [0.25, 0.3) is 0 Å². The summed E-state index contributed by atoms with van der Waals surface area (Å²) in [4.78, 5) is 0. The normalized spacial score (nSPS) is 23.1. The van der Waals surface area contributed by atoms with Gasteiger partial charge in [0.05, 0.1) is 0 Å². The second-order valence-corrected chi connectivity index (χ2v) is 4.29. The number of benzene rings is 1. The lowest BCUT2D eigenvalue weighted by Crippen LogP contribution is -2.13. The highest BCUT2D eigenvalue weighted by atomic mass is 14.8. The van der Waals surface area contributed by atoms with Gasteiger partial charge in [-0.15, -0.1) is 0 Å². The molecule has 1 aromatic carbocycles. The Balaban J connectivity index is 2.12. The van der Waals surface area contributed by atoms with E-state index in [4.69, 9.17) is 0 Å². The summed E-state index contributed by atoms with van der Waals surface area (Å²) in [6.45, 7) is 4.55. The maximum atomic E-state index is 3.46. The summed E-state index contributed by atoms with van der Waals surface area (Å²) in [5.74, 6) is 0.782. The molecule has 1 aromatic rings. The summed E-state index contributed by atoms with van der Waals surface area (Å²) in [5.41, 5.74) is 2.92. The van der Waals surface area contributed by atoms with Crippen LogP contribution in [-0.4, -0.2) is 13.1 Å². The minimum atomic E-state index is 0.782. The zero-order valence-electron chi connectivity index (χ0n) is 8.92. The monoisotopic (exact) mass is 189 g/mol. The number of hydrogen-bond donors (Lipinski definition) is 1. The lowest BCUT2D eigenvalue weighted by atomic mass is 9.91. The molecule has 1 heterocycles. The Bertz CT molecular complexity index is 285. The van der Waals surface area contributed by atoms with Gasteiger partial charge in [-0.2, -0.15) is 0 Å². The molecule has 0 spiro atoms. The third kappa shape index (κ3) is 2.36. The maximum Gasteiger partial charge on any atom is -0.00431 e. The predicted molar refractivity (Wildman–Crippen MR) is 60.6 cm³/mol. The third-order valence-corrected chi connectivity index (χ3v) is 3.09. The first kappa shape index (κ1) is 9.72. The highest BCUT2D eigenvalue weighted by Crippen LogP contribution is 2.26. The van der Waals surface area contributed by atoms with Crippen LogP contribution in [-0.2, 0) is 0 Å². The molecule has 0 saturated carbocycles. The SMILES string of the molecule is Cc1cccc(C2CCCNCC2)c1. The number of nitrogens with one attached hydrogen (secondary N) is 1. The fourth-order valence-electron chi connectivity index (χ4n) is 2.28. The number of rotatable bonds is 1. The van der Waals surface area contributed by atoms with Crippen LogP contribution < -0.4 is 5.32 Å². The highest BCUT2D eigenvalue weighted by molar-refractivity contribution is 5.25. The summed E-state index contributed by atoms with van der Waals surface area (Å²) in [7, 11) is 0. The van der Waals surface area contributed by atoms with E-state index >= 15 is 0 Å². The molecule has 1 heteroatoms. The van der Waals surface area contributed by atoms with Crippen molar-refractivity contribution >= 4 is 0 Å². The van der Waals surface area contributed by atoms with Crippen LogP contribution in [0, 0.1) is 6.92 Å². The fraction of sp³-hybridized carbons (Fsp3) is 0.538. The van der Waals surface area contributed by atoms with Crippen LogP contribution in [0.2, 0.25) is 0 Å². The van der Waals surface area contributed by atoms with E-state index < -0.39 is 0 Å². The van der Waals surface area contributed by atoms with Crippen LogP contribution in [0.1, 0.15) is 36.3 Å². The van der Waals surface area contributed by atoms with Gasteiger partial charge in [-0.1, -0.05) is 29.8 Å². The van der Waals surface area contributed by atoms with Crippen LogP contribution in [0.5, 0.6) is 0 Å². The van der Waals surface area contributed by atoms with E-state index in [-0.39, 0.29) is 0 Å². The molecule has 1 aliphatic rings. The van der Waals surface area contributed by atoms with Gasteiger partial charge in [-0.3, -0.25) is 0 Å². The lowest BCUT2D eigenvalue weighted by Gasteiger charge is -2.14. The average molecular weight is 189 g/mol. The predicted octanol–water partition coefficient (Wildman–Crippen LogP) is 2.85. The van der Waals surface area contributed by atoms with Crippen LogP contribution >= 0.6 is 0 Å². The number of aryl methyl sites for hydroxylation is 1. The van der Waals surface area contributed by atoms with Crippen LogP contribution in [0.25, 0.3) is 0 Å². The molecule has 1 unspecified atom stereocenters. The van der Waals surface area contributed by atoms with Crippen molar-refractivity contribution in [2.24, 2.45) is 0 Å². The highest BCUT2D eigenvalue weighted by Gasteiger charge is 2.13. The smallest absolute Gasteiger partial charge is 0.00431 e. The van der Waals surface area contributed by atoms with E-state index in [1.807, 2.05) is 0 Å². The second-order valence-electron chi connectivity index (χ2n) is 4.29. The van der Waals surface area contributed by atoms with Crippen molar-refractivity contribution in [1.82, 2.24) is 5.32 Å². The molecule has 1 nitrogen and oxygen atoms in total. The standard InChI is InChI=1S/C13H19N/c1-11-4-2-5-13(10-11)12-6-3-8-14-9-7-12/h2,4-5,10,12,14H,3,6-9H2,1H3. The van der Waals surface area contributed by atoms with Gasteiger partial charge in [-0.05, 0) is 50.8 Å². The van der Waals surface area contributed by atoms with E-state index in [0.29, 0.717) is 0 Å². The third-order valence-electron chi connectivity index (χ3n) is 3.09. The van der Waals surface area contributed by atoms with Gasteiger partial charge in [-0.25, -0.2) is 0 Å². The van der Waals surface area contributed by atoms with Crippen molar-refractivity contribution in [3.8, 4) is 0 Å². The van der Waals surface area contributed by atoms with Crippen molar-refractivity contribution in [3.05, 3.63) is 35.4 Å². The van der Waals surface area contributed by atoms with Crippen LogP contribution in [0.15, 0.2) is 24.3 Å². The fourth-order valence-corrected chi connectivity index (χ4v) is 2.28. The molecule has 0 bridgehead atoms. The lowest BCUT2D eigenvalue weighted by molar-refractivity contribution is 0.609. The molecule has 0 aromatic heterocycles. The zero-order chi connectivity index (χ0) is 9.80. The van der Waals surface area contributed by atoms with Gasteiger partial charge >= 0.3 is 0 Å². The summed E-state index contributed by atoms with van der Waals surface area (Å²) in [6.07, 6.45) is 3.96. The van der Waals surface area contributed by atoms with Crippen LogP contribution in [0.3, 0.4) is 0 Å². The van der Waals surface area contributed by atoms with E-state index in [2.05, 4.69) is 36.5 Å². The molecule has 14 heavy (non-hydrogen) atoms. The molecule has 76 valence electrons. The largest absolute Gasteiger partial charge is 0.317 e. The Morgan fingerprint density at radius 1 is 1.21 bits per heavy atom. The van der Waals surface area contributed by atoms with Crippen molar-refractivity contribution < 1.29 is 0 Å². The quantitative estimate of drug-likeness (QED) is 0.716. The molecule has 2 rings (SSSR count). The zero-order valence-corrected chi connectivity index (χ0v) is 8.92. The molecule has 1 aliphatic heterocycles. The molecular formula is C13H19N. The first-order valence-corrected chi connectivity index (χ1v) is 5.63. The molecule has 0 radical (unpaired) electrons. The Hall–Kier alpha value is -0.820. The molecular weight excluding hydrogens is 170 g/mol. The van der Waals surface area contributed by atoms with Crippen molar-refractivity contribution in [2.45, 2.75) is 32.1 Å². The topological polar surface area (TPSA) is 12.0 Å². The molecule has 1 atom stereocenters. The molecule has 1 saturated heterocycles. The van der Waals surface area contributed by atoms with Gasteiger partial charge < -0.3 is 5.32 Å². The molecule has 0 aliphatic carbocycles. The van der Waals surface area contributed by atoms with E-state index in [1.165, 1.54) is 43.5 Å². The minimum Gasteiger partial charge on any atom is -0.317 e. The summed E-state index contributed by atoms with van der Waals surface area (Å²) in [6, 6.07) is 8.99. The molecule has 0 amide bonds. The van der Waals surface area contributed by atoms with E-state index in [0.717, 1.165) is 5.92 Å². The first-order chi connectivity index (χ1) is 6.86. The van der Waals surface area contributed by atoms with E-state index in [1.54, 1.807) is 0 Å². The second kappa shape index (κ2) is 4.61. The Morgan fingerprint density at radius 2 is 2.14 bits per heavy atom. The Labute approximate surface area is 86.5 Å². The van der Waals surface area contributed by atoms with Crippen molar-refractivity contribution in [3.63, 3.8) is 0 Å². The van der Waals surface area contributed by atoms with Gasteiger partial charge in [0.15, 0.2) is 0 Å². The minimum absolute atomic E-state index is 0.782. The summed E-state index contributed by atoms with van der Waals surface area (Å²) < 4.78 is 0. The Morgan fingerprint density at radius 3 is 3.00 bits per heavy atom. The first-order valence-electron chi connectivity index (χ1n) is 5.63. The molecule has 1 N–H and O–H groups in total. The van der Waals surface area contributed by atoms with E-state index in [9.17, 15) is 0 Å². The summed E-state index contributed by atoms with van der Waals surface area (Å²) >= 11 is 0. The van der Waals surface area contributed by atoms with Crippen molar-refractivity contribution in [1.29, 1.82) is 0 Å². The molecule has 1 fully saturated rings. The van der Waals surface area contributed by atoms with Gasteiger partial charge in [0.2, 0.25) is 0 Å². The van der Waals surface area contributed by atoms with Gasteiger partial charge in [0, 0.05) is 0 Å². The van der Waals surface area contributed by atoms with Crippen LogP contribution in [0.4, 0.5) is 0 Å². The summed E-state index contributed by atoms with van der Waals surface area (Å²) in [5, 5.41) is 3.46. The Kier molecular flexibility index (Phi) is 3.20. The average Bonchev–Trinajstić information content (AvgIpc) is 2.45. The van der Waals surface area contributed by atoms with Crippen molar-refractivity contribution in [2.75, 3.05) is 13.1 Å².